The molecule has 5 heteroatoms. The highest BCUT2D eigenvalue weighted by Gasteiger charge is 2.13. The summed E-state index contributed by atoms with van der Waals surface area (Å²) in [6.45, 7) is 5.95. The molecule has 0 amide bonds. The Balaban J connectivity index is 2.38. The molecule has 0 saturated carbocycles. The number of ether oxygens (including phenoxy) is 2. The fourth-order valence-electron chi connectivity index (χ4n) is 1.74. The van der Waals surface area contributed by atoms with Gasteiger partial charge in [0.2, 0.25) is 0 Å². The van der Waals surface area contributed by atoms with E-state index in [1.807, 2.05) is 45.0 Å². The molecule has 0 bridgehead atoms. The summed E-state index contributed by atoms with van der Waals surface area (Å²) in [6.07, 6.45) is 4.55. The van der Waals surface area contributed by atoms with Crippen LogP contribution >= 0.6 is 0 Å². The number of benzene rings is 1. The van der Waals surface area contributed by atoms with Crippen molar-refractivity contribution in [3.05, 3.63) is 35.9 Å². The number of unbranched alkanes of at least 4 members (excludes halogenated alkanes) is 1. The Bertz CT molecular complexity index is 538. The van der Waals surface area contributed by atoms with Crippen molar-refractivity contribution in [1.29, 1.82) is 0 Å². The van der Waals surface area contributed by atoms with Crippen LogP contribution in [0, 0.1) is 0 Å². The Morgan fingerprint density at radius 1 is 1.13 bits per heavy atom. The number of aliphatic carboxylic acids is 1. The molecule has 0 aliphatic carbocycles. The summed E-state index contributed by atoms with van der Waals surface area (Å²) in [5.41, 5.74) is 0.369. The highest BCUT2D eigenvalue weighted by Crippen LogP contribution is 2.14. The van der Waals surface area contributed by atoms with E-state index in [1.165, 1.54) is 6.08 Å². The van der Waals surface area contributed by atoms with Gasteiger partial charge in [0, 0.05) is 12.5 Å². The van der Waals surface area contributed by atoms with E-state index in [0.717, 1.165) is 11.3 Å². The molecule has 0 aliphatic rings. The zero-order valence-electron chi connectivity index (χ0n) is 13.9. The van der Waals surface area contributed by atoms with Gasteiger partial charge in [0.15, 0.2) is 0 Å². The van der Waals surface area contributed by atoms with Crippen LogP contribution < -0.4 is 4.74 Å². The van der Waals surface area contributed by atoms with E-state index in [-0.39, 0.29) is 12.4 Å². The van der Waals surface area contributed by atoms with Crippen LogP contribution in [0.4, 0.5) is 0 Å². The van der Waals surface area contributed by atoms with E-state index in [0.29, 0.717) is 19.4 Å². The van der Waals surface area contributed by atoms with Gasteiger partial charge in [0.25, 0.3) is 0 Å². The Hall–Kier alpha value is -2.30. The van der Waals surface area contributed by atoms with Crippen LogP contribution in [0.5, 0.6) is 5.75 Å². The van der Waals surface area contributed by atoms with Crippen LogP contribution in [0.25, 0.3) is 6.08 Å². The van der Waals surface area contributed by atoms with Crippen molar-refractivity contribution in [3.63, 3.8) is 0 Å². The molecule has 1 N–H and O–H groups in total. The lowest BCUT2D eigenvalue weighted by atomic mass is 10.2. The van der Waals surface area contributed by atoms with Crippen molar-refractivity contribution >= 4 is 18.0 Å². The Morgan fingerprint density at radius 2 is 1.78 bits per heavy atom. The van der Waals surface area contributed by atoms with E-state index in [2.05, 4.69) is 0 Å². The van der Waals surface area contributed by atoms with Crippen LogP contribution in [0.2, 0.25) is 0 Å². The first-order chi connectivity index (χ1) is 10.8. The van der Waals surface area contributed by atoms with Gasteiger partial charge >= 0.3 is 11.9 Å². The molecule has 1 rings (SSSR count). The maximum atomic E-state index is 11.6. The highest BCUT2D eigenvalue weighted by molar-refractivity contribution is 5.87. The molecule has 1 aromatic rings. The summed E-state index contributed by atoms with van der Waals surface area (Å²) in [6, 6.07) is 7.30. The Morgan fingerprint density at radius 3 is 2.35 bits per heavy atom. The van der Waals surface area contributed by atoms with Crippen LogP contribution in [-0.4, -0.2) is 29.3 Å². The third-order valence-corrected chi connectivity index (χ3v) is 2.75. The van der Waals surface area contributed by atoms with Crippen molar-refractivity contribution in [1.82, 2.24) is 0 Å². The van der Waals surface area contributed by atoms with E-state index < -0.39 is 11.6 Å². The second-order valence-electron chi connectivity index (χ2n) is 6.14. The summed E-state index contributed by atoms with van der Waals surface area (Å²) in [4.78, 5) is 22.0. The Kier molecular flexibility index (Phi) is 7.32. The van der Waals surface area contributed by atoms with Crippen LogP contribution in [0.15, 0.2) is 30.3 Å². The third-order valence-electron chi connectivity index (χ3n) is 2.75. The number of esters is 1. The lowest BCUT2D eigenvalue weighted by Crippen LogP contribution is -2.22. The average Bonchev–Trinajstić information content (AvgIpc) is 2.44. The number of hydrogen-bond acceptors (Lipinski definition) is 4. The number of hydrogen-bond donors (Lipinski definition) is 1. The van der Waals surface area contributed by atoms with Gasteiger partial charge in [-0.3, -0.25) is 4.79 Å². The van der Waals surface area contributed by atoms with Crippen molar-refractivity contribution in [3.8, 4) is 5.75 Å². The number of rotatable bonds is 8. The minimum Gasteiger partial charge on any atom is -0.494 e. The summed E-state index contributed by atoms with van der Waals surface area (Å²) in [5, 5.41) is 8.53. The standard InChI is InChI=1S/C18H24O5/c1-18(2,3)23-17(21)12-9-14-7-10-15(11-8-14)22-13-5-4-6-16(19)20/h7-12H,4-6,13H2,1-3H3,(H,19,20)/b12-9+. The molecule has 1 aromatic carbocycles. The predicted octanol–water partition coefficient (Wildman–Crippen LogP) is 3.68. The van der Waals surface area contributed by atoms with Gasteiger partial charge in [-0.05, 0) is 57.4 Å². The van der Waals surface area contributed by atoms with Crippen molar-refractivity contribution in [2.45, 2.75) is 45.6 Å². The lowest BCUT2D eigenvalue weighted by Gasteiger charge is -2.17. The number of carbonyl (C=O) groups is 2. The molecule has 0 aromatic heterocycles. The van der Waals surface area contributed by atoms with Crippen molar-refractivity contribution in [2.24, 2.45) is 0 Å². The minimum absolute atomic E-state index is 0.164. The molecule has 0 spiro atoms. The lowest BCUT2D eigenvalue weighted by molar-refractivity contribution is -0.148. The maximum absolute atomic E-state index is 11.6. The fourth-order valence-corrected chi connectivity index (χ4v) is 1.74. The first-order valence-corrected chi connectivity index (χ1v) is 7.62. The van der Waals surface area contributed by atoms with Crippen LogP contribution in [0.3, 0.4) is 0 Å². The molecule has 0 fully saturated rings. The molecule has 5 nitrogen and oxygen atoms in total. The first-order valence-electron chi connectivity index (χ1n) is 7.62. The molecule has 0 radical (unpaired) electrons. The molecule has 0 atom stereocenters. The summed E-state index contributed by atoms with van der Waals surface area (Å²) < 4.78 is 10.7. The van der Waals surface area contributed by atoms with E-state index >= 15 is 0 Å². The SMILES string of the molecule is CC(C)(C)OC(=O)/C=C/c1ccc(OCCCCC(=O)O)cc1. The predicted molar refractivity (Wildman–Crippen MR) is 88.3 cm³/mol. The normalized spacial score (nSPS) is 11.4. The number of carboxylic acid groups (broad SMARTS) is 1. The minimum atomic E-state index is -0.786. The second-order valence-corrected chi connectivity index (χ2v) is 6.14. The van der Waals surface area contributed by atoms with Gasteiger partial charge in [0.05, 0.1) is 6.61 Å². The molecule has 0 heterocycles. The van der Waals surface area contributed by atoms with Crippen molar-refractivity contribution in [2.75, 3.05) is 6.61 Å². The molecule has 126 valence electrons. The van der Waals surface area contributed by atoms with Gasteiger partial charge in [-0.15, -0.1) is 0 Å². The van der Waals surface area contributed by atoms with Gasteiger partial charge in [-0.2, -0.15) is 0 Å². The Labute approximate surface area is 136 Å². The number of carbonyl (C=O) groups excluding carboxylic acids is 1. The van der Waals surface area contributed by atoms with E-state index in [1.54, 1.807) is 6.08 Å². The largest absolute Gasteiger partial charge is 0.494 e. The molecular formula is C18H24O5. The quantitative estimate of drug-likeness (QED) is 0.449. The zero-order chi connectivity index (χ0) is 17.3. The second kappa shape index (κ2) is 8.98. The van der Waals surface area contributed by atoms with Gasteiger partial charge in [-0.25, -0.2) is 4.79 Å². The number of carboxylic acids is 1. The van der Waals surface area contributed by atoms with Gasteiger partial charge in [0.1, 0.15) is 11.4 Å². The molecule has 23 heavy (non-hydrogen) atoms. The van der Waals surface area contributed by atoms with Crippen molar-refractivity contribution < 1.29 is 24.2 Å². The third kappa shape index (κ3) is 9.34. The monoisotopic (exact) mass is 320 g/mol. The molecule has 0 aliphatic heterocycles. The fraction of sp³-hybridized carbons (Fsp3) is 0.444. The summed E-state index contributed by atoms with van der Waals surface area (Å²) >= 11 is 0. The smallest absolute Gasteiger partial charge is 0.331 e. The zero-order valence-corrected chi connectivity index (χ0v) is 13.9. The summed E-state index contributed by atoms with van der Waals surface area (Å²) in [5.74, 6) is -0.447. The summed E-state index contributed by atoms with van der Waals surface area (Å²) in [7, 11) is 0. The van der Waals surface area contributed by atoms with Crippen LogP contribution in [-0.2, 0) is 14.3 Å². The van der Waals surface area contributed by atoms with Gasteiger partial charge < -0.3 is 14.6 Å². The molecule has 0 unspecified atom stereocenters. The topological polar surface area (TPSA) is 72.8 Å². The first kappa shape index (κ1) is 18.7. The van der Waals surface area contributed by atoms with Crippen LogP contribution in [0.1, 0.15) is 45.6 Å². The average molecular weight is 320 g/mol. The highest BCUT2D eigenvalue weighted by atomic mass is 16.6. The molecular weight excluding hydrogens is 296 g/mol. The van der Waals surface area contributed by atoms with Gasteiger partial charge in [-0.1, -0.05) is 12.1 Å². The molecule has 0 saturated heterocycles. The van der Waals surface area contributed by atoms with E-state index in [9.17, 15) is 9.59 Å². The van der Waals surface area contributed by atoms with E-state index in [4.69, 9.17) is 14.6 Å². The maximum Gasteiger partial charge on any atom is 0.331 e.